The molecular weight excluding hydrogens is 150 g/mol. The lowest BCUT2D eigenvalue weighted by molar-refractivity contribution is 0.303. The van der Waals surface area contributed by atoms with Gasteiger partial charge in [-0.25, -0.2) is 0 Å². The Labute approximate surface area is 73.0 Å². The van der Waals surface area contributed by atoms with E-state index in [2.05, 4.69) is 24.0 Å². The van der Waals surface area contributed by atoms with E-state index < -0.39 is 0 Å². The van der Waals surface area contributed by atoms with Crippen molar-refractivity contribution in [3.8, 4) is 0 Å². The summed E-state index contributed by atoms with van der Waals surface area (Å²) in [6.45, 7) is 4.32. The van der Waals surface area contributed by atoms with Gasteiger partial charge in [0.05, 0.1) is 11.4 Å². The Bertz CT molecular complexity index is 301. The fourth-order valence-corrected chi connectivity index (χ4v) is 1.91. The molecule has 0 atom stereocenters. The van der Waals surface area contributed by atoms with Gasteiger partial charge in [-0.2, -0.15) is 5.10 Å². The van der Waals surface area contributed by atoms with Crippen LogP contribution in [0.15, 0.2) is 0 Å². The molecule has 0 amide bonds. The first kappa shape index (κ1) is 7.80. The van der Waals surface area contributed by atoms with E-state index in [4.69, 9.17) is 0 Å². The third-order valence-corrected chi connectivity index (χ3v) is 2.64. The molecule has 0 saturated carbocycles. The first-order chi connectivity index (χ1) is 5.68. The zero-order valence-electron chi connectivity index (χ0n) is 7.96. The number of hydrogen-bond donors (Lipinski definition) is 0. The lowest BCUT2D eigenvalue weighted by Gasteiger charge is -2.22. The van der Waals surface area contributed by atoms with Crippen molar-refractivity contribution in [2.75, 3.05) is 13.6 Å². The van der Waals surface area contributed by atoms with Gasteiger partial charge in [-0.1, -0.05) is 0 Å². The molecule has 0 bridgehead atoms. The molecule has 0 saturated heterocycles. The van der Waals surface area contributed by atoms with Crippen LogP contribution in [0.5, 0.6) is 0 Å². The van der Waals surface area contributed by atoms with Crippen LogP contribution in [0, 0.1) is 6.92 Å². The number of hydrogen-bond acceptors (Lipinski definition) is 2. The summed E-state index contributed by atoms with van der Waals surface area (Å²) in [5, 5.41) is 4.42. The van der Waals surface area contributed by atoms with Gasteiger partial charge in [0.2, 0.25) is 0 Å². The fraction of sp³-hybridized carbons (Fsp3) is 0.667. The van der Waals surface area contributed by atoms with E-state index in [0.29, 0.717) is 0 Å². The maximum absolute atomic E-state index is 4.42. The van der Waals surface area contributed by atoms with Crippen molar-refractivity contribution in [1.29, 1.82) is 0 Å². The predicted octanol–water partition coefficient (Wildman–Crippen LogP) is 0.716. The van der Waals surface area contributed by atoms with E-state index >= 15 is 0 Å². The largest absolute Gasteiger partial charge is 0.300 e. The summed E-state index contributed by atoms with van der Waals surface area (Å²) in [6, 6.07) is 0. The Morgan fingerprint density at radius 3 is 2.83 bits per heavy atom. The molecule has 2 heterocycles. The summed E-state index contributed by atoms with van der Waals surface area (Å²) < 4.78 is 2.01. The summed E-state index contributed by atoms with van der Waals surface area (Å²) in [6.07, 6.45) is 1.16. The highest BCUT2D eigenvalue weighted by Crippen LogP contribution is 2.19. The van der Waals surface area contributed by atoms with E-state index in [1.807, 2.05) is 11.7 Å². The molecule has 1 aromatic rings. The third-order valence-electron chi connectivity index (χ3n) is 2.64. The second kappa shape index (κ2) is 2.59. The van der Waals surface area contributed by atoms with Crippen molar-refractivity contribution < 1.29 is 0 Å². The number of likely N-dealkylation sites (N-methyl/N-ethyl adjacent to an activating group) is 1. The minimum Gasteiger partial charge on any atom is -0.300 e. The molecule has 0 radical (unpaired) electrons. The first-order valence-electron chi connectivity index (χ1n) is 4.38. The molecule has 0 aromatic carbocycles. The average molecular weight is 165 g/mol. The van der Waals surface area contributed by atoms with Crippen LogP contribution in [-0.4, -0.2) is 28.3 Å². The number of aromatic nitrogens is 2. The van der Waals surface area contributed by atoms with Crippen LogP contribution in [0.3, 0.4) is 0 Å². The van der Waals surface area contributed by atoms with Gasteiger partial charge in [-0.3, -0.25) is 4.68 Å². The summed E-state index contributed by atoms with van der Waals surface area (Å²) in [7, 11) is 4.19. The molecule has 0 unspecified atom stereocenters. The molecule has 3 heteroatoms. The van der Waals surface area contributed by atoms with Crippen LogP contribution in [-0.2, 0) is 20.0 Å². The maximum Gasteiger partial charge on any atom is 0.0629 e. The van der Waals surface area contributed by atoms with E-state index in [1.54, 1.807) is 0 Å². The molecule has 12 heavy (non-hydrogen) atoms. The summed E-state index contributed by atoms with van der Waals surface area (Å²) in [4.78, 5) is 2.34. The van der Waals surface area contributed by atoms with Gasteiger partial charge in [0.1, 0.15) is 0 Å². The van der Waals surface area contributed by atoms with Crippen LogP contribution in [0.25, 0.3) is 0 Å². The Hall–Kier alpha value is -0.830. The average Bonchev–Trinajstić information content (AvgIpc) is 2.28. The highest BCUT2D eigenvalue weighted by molar-refractivity contribution is 5.27. The Morgan fingerprint density at radius 1 is 1.33 bits per heavy atom. The van der Waals surface area contributed by atoms with E-state index in [9.17, 15) is 0 Å². The number of rotatable bonds is 0. The highest BCUT2D eigenvalue weighted by Gasteiger charge is 2.19. The van der Waals surface area contributed by atoms with Crippen LogP contribution >= 0.6 is 0 Å². The Kier molecular flexibility index (Phi) is 1.68. The van der Waals surface area contributed by atoms with Gasteiger partial charge in [-0.05, 0) is 26.0 Å². The molecule has 0 aliphatic carbocycles. The fourth-order valence-electron chi connectivity index (χ4n) is 1.91. The van der Waals surface area contributed by atoms with Crippen molar-refractivity contribution in [2.24, 2.45) is 7.05 Å². The molecule has 1 aromatic heterocycles. The summed E-state index contributed by atoms with van der Waals surface area (Å²) in [5.41, 5.74) is 4.07. The molecule has 0 N–H and O–H groups in total. The van der Waals surface area contributed by atoms with E-state index in [0.717, 1.165) is 13.0 Å². The van der Waals surface area contributed by atoms with Crippen molar-refractivity contribution >= 4 is 0 Å². The van der Waals surface area contributed by atoms with Gasteiger partial charge in [0.15, 0.2) is 0 Å². The third kappa shape index (κ3) is 1.05. The molecule has 66 valence electrons. The number of fused-ring (bicyclic) bond motifs is 1. The zero-order valence-corrected chi connectivity index (χ0v) is 7.96. The quantitative estimate of drug-likeness (QED) is 0.564. The van der Waals surface area contributed by atoms with Crippen molar-refractivity contribution in [3.05, 3.63) is 17.0 Å². The second-order valence-corrected chi connectivity index (χ2v) is 3.62. The first-order valence-corrected chi connectivity index (χ1v) is 4.38. The number of nitrogens with zero attached hydrogens (tertiary/aromatic N) is 3. The zero-order chi connectivity index (χ0) is 8.72. The molecule has 3 nitrogen and oxygen atoms in total. The van der Waals surface area contributed by atoms with E-state index in [1.165, 1.54) is 23.5 Å². The normalized spacial score (nSPS) is 17.9. The molecule has 2 rings (SSSR count). The minimum absolute atomic E-state index is 1.05. The maximum atomic E-state index is 4.42. The lowest BCUT2D eigenvalue weighted by atomic mass is 10.1. The minimum atomic E-state index is 1.05. The molecular formula is C9H15N3. The molecule has 0 fully saturated rings. The van der Waals surface area contributed by atoms with Crippen LogP contribution in [0.2, 0.25) is 0 Å². The SMILES string of the molecule is Cc1nn(C)c2c1CCN(C)C2. The topological polar surface area (TPSA) is 21.1 Å². The lowest BCUT2D eigenvalue weighted by Crippen LogP contribution is -2.27. The van der Waals surface area contributed by atoms with Crippen molar-refractivity contribution in [2.45, 2.75) is 19.9 Å². The standard InChI is InChI=1S/C9H15N3/c1-7-8-4-5-11(2)6-9(8)12(3)10-7/h4-6H2,1-3H3. The molecule has 1 aliphatic rings. The molecule has 1 aliphatic heterocycles. The van der Waals surface area contributed by atoms with Crippen LogP contribution in [0.1, 0.15) is 17.0 Å². The van der Waals surface area contributed by atoms with Gasteiger partial charge in [-0.15, -0.1) is 0 Å². The van der Waals surface area contributed by atoms with E-state index in [-0.39, 0.29) is 0 Å². The van der Waals surface area contributed by atoms with Crippen LogP contribution < -0.4 is 0 Å². The summed E-state index contributed by atoms with van der Waals surface area (Å²) >= 11 is 0. The second-order valence-electron chi connectivity index (χ2n) is 3.62. The van der Waals surface area contributed by atoms with Crippen molar-refractivity contribution in [3.63, 3.8) is 0 Å². The van der Waals surface area contributed by atoms with Gasteiger partial charge in [0, 0.05) is 20.1 Å². The molecule has 0 spiro atoms. The smallest absolute Gasteiger partial charge is 0.0629 e. The van der Waals surface area contributed by atoms with Gasteiger partial charge in [0.25, 0.3) is 0 Å². The van der Waals surface area contributed by atoms with Gasteiger partial charge < -0.3 is 4.90 Å². The van der Waals surface area contributed by atoms with Gasteiger partial charge >= 0.3 is 0 Å². The van der Waals surface area contributed by atoms with Crippen molar-refractivity contribution in [1.82, 2.24) is 14.7 Å². The summed E-state index contributed by atoms with van der Waals surface area (Å²) in [5.74, 6) is 0. The monoisotopic (exact) mass is 165 g/mol. The number of aryl methyl sites for hydroxylation is 2. The highest BCUT2D eigenvalue weighted by atomic mass is 15.3. The Morgan fingerprint density at radius 2 is 2.08 bits per heavy atom. The van der Waals surface area contributed by atoms with Crippen LogP contribution in [0.4, 0.5) is 0 Å². The predicted molar refractivity (Wildman–Crippen MR) is 48.0 cm³/mol. The Balaban J connectivity index is 2.45.